The Morgan fingerprint density at radius 2 is 1.73 bits per heavy atom. The fourth-order valence-electron chi connectivity index (χ4n) is 4.60. The van der Waals surface area contributed by atoms with E-state index in [1.165, 1.54) is 26.2 Å². The number of nitrogens with one attached hydrogen (secondary N) is 2. The van der Waals surface area contributed by atoms with Crippen LogP contribution in [0.4, 0.5) is 13.2 Å². The summed E-state index contributed by atoms with van der Waals surface area (Å²) in [6.07, 6.45) is -1.81. The molecule has 196 valence electrons. The highest BCUT2D eigenvalue weighted by atomic mass is 32.2. The fraction of sp³-hybridized carbons (Fsp3) is 0.308. The molecule has 1 heterocycles. The van der Waals surface area contributed by atoms with E-state index in [9.17, 15) is 31.2 Å². The van der Waals surface area contributed by atoms with E-state index in [0.717, 1.165) is 9.87 Å². The van der Waals surface area contributed by atoms with Gasteiger partial charge in [-0.3, -0.25) is 9.78 Å². The summed E-state index contributed by atoms with van der Waals surface area (Å²) in [4.78, 5) is 29.3. The van der Waals surface area contributed by atoms with Crippen molar-refractivity contribution in [3.05, 3.63) is 103 Å². The largest absolute Gasteiger partial charge is 0.417 e. The van der Waals surface area contributed by atoms with E-state index >= 15 is 0 Å². The number of alkyl halides is 3. The van der Waals surface area contributed by atoms with E-state index < -0.39 is 37.9 Å². The van der Waals surface area contributed by atoms with Gasteiger partial charge in [-0.05, 0) is 48.1 Å². The van der Waals surface area contributed by atoms with Crippen molar-refractivity contribution >= 4 is 15.6 Å². The Morgan fingerprint density at radius 3 is 2.32 bits per heavy atom. The number of hydrogen-bond acceptors (Lipinski definition) is 4. The predicted octanol–water partition coefficient (Wildman–Crippen LogP) is 4.27. The van der Waals surface area contributed by atoms with Crippen molar-refractivity contribution in [2.75, 3.05) is 14.1 Å². The van der Waals surface area contributed by atoms with Crippen molar-refractivity contribution in [1.82, 2.24) is 14.3 Å². The molecule has 0 amide bonds. The molecule has 11 heteroatoms. The average molecular weight is 534 g/mol. The number of nitrogens with zero attached hydrogens (tertiary/aromatic N) is 1. The van der Waals surface area contributed by atoms with E-state index in [4.69, 9.17) is 0 Å². The zero-order chi connectivity index (χ0) is 27.0. The van der Waals surface area contributed by atoms with Crippen LogP contribution in [0.15, 0.2) is 69.1 Å². The summed E-state index contributed by atoms with van der Waals surface area (Å²) in [7, 11) is -1.53. The number of halogens is 3. The van der Waals surface area contributed by atoms with Crippen LogP contribution in [0.25, 0.3) is 5.57 Å². The van der Waals surface area contributed by atoms with Crippen LogP contribution in [0.2, 0.25) is 0 Å². The van der Waals surface area contributed by atoms with Crippen LogP contribution in [-0.2, 0) is 22.6 Å². The molecule has 1 aromatic heterocycles. The van der Waals surface area contributed by atoms with Gasteiger partial charge in [0.1, 0.15) is 0 Å². The Labute approximate surface area is 211 Å². The smallest absolute Gasteiger partial charge is 0.311 e. The minimum absolute atomic E-state index is 0.0763. The van der Waals surface area contributed by atoms with E-state index in [0.29, 0.717) is 42.2 Å². The van der Waals surface area contributed by atoms with Crippen LogP contribution in [0.5, 0.6) is 0 Å². The van der Waals surface area contributed by atoms with E-state index in [-0.39, 0.29) is 17.9 Å². The van der Waals surface area contributed by atoms with E-state index in [1.54, 1.807) is 6.08 Å². The highest BCUT2D eigenvalue weighted by Crippen LogP contribution is 2.42. The summed E-state index contributed by atoms with van der Waals surface area (Å²) in [6, 6.07) is 12.3. The van der Waals surface area contributed by atoms with Gasteiger partial charge in [0.25, 0.3) is 5.56 Å². The third-order valence-corrected chi connectivity index (χ3v) is 8.35. The van der Waals surface area contributed by atoms with Gasteiger partial charge in [-0.25, -0.2) is 17.5 Å². The Hall–Kier alpha value is -3.44. The molecule has 1 aliphatic rings. The van der Waals surface area contributed by atoms with Gasteiger partial charge in [0.2, 0.25) is 10.0 Å². The lowest BCUT2D eigenvalue weighted by atomic mass is 9.82. The molecule has 0 radical (unpaired) electrons. The van der Waals surface area contributed by atoms with Crippen molar-refractivity contribution in [2.45, 2.75) is 42.7 Å². The van der Waals surface area contributed by atoms with Crippen molar-refractivity contribution in [3.8, 4) is 0 Å². The lowest BCUT2D eigenvalue weighted by molar-refractivity contribution is -0.137. The third kappa shape index (κ3) is 5.62. The minimum Gasteiger partial charge on any atom is -0.311 e. The Morgan fingerprint density at radius 1 is 1.03 bits per heavy atom. The molecule has 0 aliphatic heterocycles. The third-order valence-electron chi connectivity index (χ3n) is 6.54. The highest BCUT2D eigenvalue weighted by Gasteiger charge is 2.36. The first-order valence-electron chi connectivity index (χ1n) is 11.6. The highest BCUT2D eigenvalue weighted by molar-refractivity contribution is 7.89. The molecule has 0 fully saturated rings. The van der Waals surface area contributed by atoms with E-state index in [1.807, 2.05) is 30.3 Å². The van der Waals surface area contributed by atoms with Crippen LogP contribution in [0, 0.1) is 0 Å². The average Bonchev–Trinajstić information content (AvgIpc) is 2.85. The lowest BCUT2D eigenvalue weighted by Crippen LogP contribution is -2.30. The van der Waals surface area contributed by atoms with E-state index in [2.05, 4.69) is 9.97 Å². The summed E-state index contributed by atoms with van der Waals surface area (Å²) in [5, 5.41) is 0. The molecule has 0 saturated carbocycles. The van der Waals surface area contributed by atoms with Crippen LogP contribution in [0.3, 0.4) is 0 Å². The molecule has 0 spiro atoms. The van der Waals surface area contributed by atoms with Gasteiger partial charge in [-0.15, -0.1) is 0 Å². The number of H-pyrrole nitrogens is 2. The first-order valence-corrected chi connectivity index (χ1v) is 13.0. The summed E-state index contributed by atoms with van der Waals surface area (Å²) < 4.78 is 67.5. The summed E-state index contributed by atoms with van der Waals surface area (Å²) >= 11 is 0. The first kappa shape index (κ1) is 26.6. The molecule has 3 aromatic rings. The predicted molar refractivity (Wildman–Crippen MR) is 134 cm³/mol. The molecule has 37 heavy (non-hydrogen) atoms. The van der Waals surface area contributed by atoms with Gasteiger partial charge in [0, 0.05) is 37.7 Å². The fourth-order valence-corrected chi connectivity index (χ4v) is 5.53. The van der Waals surface area contributed by atoms with Gasteiger partial charge in [-0.1, -0.05) is 42.5 Å². The van der Waals surface area contributed by atoms with Gasteiger partial charge in [0.15, 0.2) is 0 Å². The van der Waals surface area contributed by atoms with Gasteiger partial charge in [0.05, 0.1) is 10.5 Å². The molecule has 7 nitrogen and oxygen atoms in total. The molecular weight excluding hydrogens is 507 g/mol. The topological polar surface area (TPSA) is 103 Å². The number of aromatic amines is 2. The Balaban J connectivity index is 1.69. The second-order valence-electron chi connectivity index (χ2n) is 9.16. The minimum atomic E-state index is -4.76. The second kappa shape index (κ2) is 10.1. The van der Waals surface area contributed by atoms with Crippen molar-refractivity contribution < 1.29 is 21.6 Å². The molecule has 4 rings (SSSR count). The standard InChI is InChI=1S/C26H26F3N3O4S/c1-32(2)37(35,36)19-12-13-20(22(15-19)26(27,28)29)17-8-10-18(11-9-17)23-21(24(33)31-25(34)30-23)14-16-6-4-3-5-7-16/h3-8,12-13,15,18H,9-11,14H2,1-2H3,(H2,30,31,33,34). The zero-order valence-corrected chi connectivity index (χ0v) is 21.0. The van der Waals surface area contributed by atoms with Crippen molar-refractivity contribution in [3.63, 3.8) is 0 Å². The van der Waals surface area contributed by atoms with Crippen LogP contribution >= 0.6 is 0 Å². The van der Waals surface area contributed by atoms with Crippen LogP contribution in [-0.4, -0.2) is 36.8 Å². The molecule has 0 bridgehead atoms. The number of allylic oxidation sites excluding steroid dienone is 2. The maximum Gasteiger partial charge on any atom is 0.417 e. The van der Waals surface area contributed by atoms with Gasteiger partial charge in [-0.2, -0.15) is 13.2 Å². The number of benzene rings is 2. The Bertz CT molecular complexity index is 1560. The molecule has 0 saturated heterocycles. The number of sulfonamides is 1. The lowest BCUT2D eigenvalue weighted by Gasteiger charge is -2.25. The van der Waals surface area contributed by atoms with Crippen molar-refractivity contribution in [2.24, 2.45) is 0 Å². The van der Waals surface area contributed by atoms with Crippen molar-refractivity contribution in [1.29, 1.82) is 0 Å². The molecule has 2 N–H and O–H groups in total. The maximum absolute atomic E-state index is 13.9. The van der Waals surface area contributed by atoms with Crippen LogP contribution < -0.4 is 11.2 Å². The summed E-state index contributed by atoms with van der Waals surface area (Å²) in [6.45, 7) is 0. The normalized spacial score (nSPS) is 16.6. The molecule has 1 atom stereocenters. The maximum atomic E-state index is 13.9. The molecular formula is C26H26F3N3O4S. The monoisotopic (exact) mass is 533 g/mol. The summed E-state index contributed by atoms with van der Waals surface area (Å²) in [5.41, 5.74) is 0.00318. The number of rotatable bonds is 6. The number of aromatic nitrogens is 2. The zero-order valence-electron chi connectivity index (χ0n) is 20.2. The Kier molecular flexibility index (Phi) is 7.29. The first-order chi connectivity index (χ1) is 17.4. The second-order valence-corrected chi connectivity index (χ2v) is 11.3. The van der Waals surface area contributed by atoms with Gasteiger partial charge >= 0.3 is 11.9 Å². The molecule has 1 unspecified atom stereocenters. The quantitative estimate of drug-likeness (QED) is 0.494. The molecule has 1 aliphatic carbocycles. The molecule has 2 aromatic carbocycles. The van der Waals surface area contributed by atoms with Crippen LogP contribution in [0.1, 0.15) is 53.1 Å². The van der Waals surface area contributed by atoms with Gasteiger partial charge < -0.3 is 4.98 Å². The number of hydrogen-bond donors (Lipinski definition) is 2. The summed E-state index contributed by atoms with van der Waals surface area (Å²) in [5.74, 6) is -0.264. The SMILES string of the molecule is CN(C)S(=O)(=O)c1ccc(C2=CCC(c3[nH]c(=O)[nH]c(=O)c3Cc3ccccc3)CC2)c(C(F)(F)F)c1.